The van der Waals surface area contributed by atoms with E-state index in [1.807, 2.05) is 36.4 Å². The van der Waals surface area contributed by atoms with E-state index in [0.29, 0.717) is 29.6 Å². The number of unbranched alkanes of at least 4 members (excludes halogenated alkanes) is 9. The van der Waals surface area contributed by atoms with Crippen molar-refractivity contribution < 1.29 is 28.4 Å². The van der Waals surface area contributed by atoms with Crippen LogP contribution in [0.4, 0.5) is 0 Å². The number of nitrogens with one attached hydrogen (secondary N) is 4. The molecule has 3 fully saturated rings. The second kappa shape index (κ2) is 21.9. The third kappa shape index (κ3) is 12.2. The second-order valence-corrected chi connectivity index (χ2v) is 18.7. The summed E-state index contributed by atoms with van der Waals surface area (Å²) in [7, 11) is 0. The predicted octanol–water partition coefficient (Wildman–Crippen LogP) is 8.12. The fourth-order valence-corrected chi connectivity index (χ4v) is 9.34. The molecule has 342 valence electrons. The van der Waals surface area contributed by atoms with Gasteiger partial charge in [-0.05, 0) is 61.9 Å². The fourth-order valence-electron chi connectivity index (χ4n) is 9.34. The lowest BCUT2D eigenvalue weighted by Gasteiger charge is -2.28. The molecule has 3 aromatic carbocycles. The summed E-state index contributed by atoms with van der Waals surface area (Å²) < 4.78 is 6.22. The number of hydrogen-bond donors (Lipinski definition) is 4. The van der Waals surface area contributed by atoms with Gasteiger partial charge in [0.2, 0.25) is 23.6 Å². The minimum Gasteiger partial charge on any atom is -0.441 e. The van der Waals surface area contributed by atoms with E-state index in [-0.39, 0.29) is 78.9 Å². The van der Waals surface area contributed by atoms with Gasteiger partial charge in [0, 0.05) is 55.5 Å². The molecule has 0 radical (unpaired) electrons. The third-order valence-electron chi connectivity index (χ3n) is 13.4. The standard InChI is InChI=1S/C52H68N6O6/c1-4-6-8-10-11-12-19-25-46(59)57-52(3,51(63)53-28-20-9-7-5-2)32-47-54-42-27-26-37(29-45(42)64-47)50(62)58-33-40(48(60)55-43-30-38(43)35-21-15-13-16-22-35)41(34-58)49(61)56-44-31-39(44)36-23-17-14-18-24-36/h13-18,21-24,26-27,29,38-41,43-44H,4-12,19-20,25,28,30-34H2,1-3H3,(H,53,63)(H,55,60)(H,56,61)(H,57,59)/t38-,39-,40-,41-,43+,44+,52-/m1/s1. The Morgan fingerprint density at radius 1 is 0.703 bits per heavy atom. The van der Waals surface area contributed by atoms with Crippen LogP contribution in [0.3, 0.4) is 0 Å². The molecule has 7 atom stereocenters. The van der Waals surface area contributed by atoms with Crippen molar-refractivity contribution in [2.75, 3.05) is 19.6 Å². The van der Waals surface area contributed by atoms with Gasteiger partial charge in [-0.15, -0.1) is 0 Å². The Morgan fingerprint density at radius 3 is 1.83 bits per heavy atom. The Labute approximate surface area is 378 Å². The maximum atomic E-state index is 14.3. The molecule has 2 saturated carbocycles. The van der Waals surface area contributed by atoms with Crippen molar-refractivity contribution in [1.82, 2.24) is 31.2 Å². The molecule has 0 spiro atoms. The Morgan fingerprint density at radius 2 is 1.25 bits per heavy atom. The van der Waals surface area contributed by atoms with Gasteiger partial charge in [-0.2, -0.15) is 0 Å². The lowest BCUT2D eigenvalue weighted by atomic mass is 9.94. The van der Waals surface area contributed by atoms with E-state index < -0.39 is 17.4 Å². The molecule has 1 aliphatic heterocycles. The highest BCUT2D eigenvalue weighted by Crippen LogP contribution is 2.43. The van der Waals surface area contributed by atoms with Crippen molar-refractivity contribution in [3.63, 3.8) is 0 Å². The minimum atomic E-state index is -1.31. The van der Waals surface area contributed by atoms with Gasteiger partial charge >= 0.3 is 0 Å². The van der Waals surface area contributed by atoms with Gasteiger partial charge < -0.3 is 30.6 Å². The predicted molar refractivity (Wildman–Crippen MR) is 248 cm³/mol. The molecule has 3 aliphatic rings. The highest BCUT2D eigenvalue weighted by atomic mass is 16.3. The lowest BCUT2D eigenvalue weighted by Crippen LogP contribution is -2.58. The molecular weight excluding hydrogens is 805 g/mol. The summed E-state index contributed by atoms with van der Waals surface area (Å²) in [6.45, 7) is 6.75. The first-order chi connectivity index (χ1) is 31.1. The molecule has 4 aromatic rings. The Hall–Kier alpha value is -5.52. The number of nitrogens with zero attached hydrogens (tertiary/aromatic N) is 2. The van der Waals surface area contributed by atoms with E-state index in [1.165, 1.54) is 36.8 Å². The lowest BCUT2D eigenvalue weighted by molar-refractivity contribution is -0.133. The van der Waals surface area contributed by atoms with Gasteiger partial charge in [-0.25, -0.2) is 4.98 Å². The van der Waals surface area contributed by atoms with Crippen molar-refractivity contribution in [3.05, 3.63) is 101 Å². The van der Waals surface area contributed by atoms with Gasteiger partial charge in [-0.1, -0.05) is 132 Å². The number of benzene rings is 3. The summed E-state index contributed by atoms with van der Waals surface area (Å²) in [6.07, 6.45) is 13.7. The van der Waals surface area contributed by atoms with Crippen molar-refractivity contribution >= 4 is 40.6 Å². The molecule has 4 N–H and O–H groups in total. The highest BCUT2D eigenvalue weighted by molar-refractivity contribution is 5.99. The number of rotatable bonds is 24. The van der Waals surface area contributed by atoms with Crippen LogP contribution in [0.1, 0.15) is 150 Å². The number of aromatic nitrogens is 1. The normalized spacial score (nSPS) is 22.1. The minimum absolute atomic E-state index is 0.0190. The van der Waals surface area contributed by atoms with E-state index in [4.69, 9.17) is 4.42 Å². The van der Waals surface area contributed by atoms with Crippen LogP contribution in [0.2, 0.25) is 0 Å². The zero-order chi connectivity index (χ0) is 45.1. The fraction of sp³-hybridized carbons (Fsp3) is 0.538. The van der Waals surface area contributed by atoms with Crippen molar-refractivity contribution in [1.29, 1.82) is 0 Å². The van der Waals surface area contributed by atoms with E-state index >= 15 is 0 Å². The van der Waals surface area contributed by atoms with Crippen molar-refractivity contribution in [2.24, 2.45) is 11.8 Å². The molecule has 12 heteroatoms. The number of carbonyl (C=O) groups excluding carboxylic acids is 5. The maximum absolute atomic E-state index is 14.3. The molecular formula is C52H68N6O6. The summed E-state index contributed by atoms with van der Waals surface area (Å²) in [5.41, 5.74) is 2.24. The molecule has 0 bridgehead atoms. The zero-order valence-electron chi connectivity index (χ0n) is 38.0. The van der Waals surface area contributed by atoms with Gasteiger partial charge in [-0.3, -0.25) is 24.0 Å². The highest BCUT2D eigenvalue weighted by Gasteiger charge is 2.49. The van der Waals surface area contributed by atoms with Gasteiger partial charge in [0.05, 0.1) is 18.3 Å². The average Bonchev–Trinajstić information content (AvgIpc) is 4.15. The maximum Gasteiger partial charge on any atom is 0.254 e. The number of fused-ring (bicyclic) bond motifs is 1. The number of carbonyl (C=O) groups is 5. The molecule has 1 aromatic heterocycles. The molecule has 64 heavy (non-hydrogen) atoms. The van der Waals surface area contributed by atoms with Crippen molar-refractivity contribution in [3.8, 4) is 0 Å². The first kappa shape index (κ1) is 46.5. The van der Waals surface area contributed by atoms with E-state index in [1.54, 1.807) is 30.0 Å². The third-order valence-corrected chi connectivity index (χ3v) is 13.4. The van der Waals surface area contributed by atoms with Crippen LogP contribution < -0.4 is 21.3 Å². The average molecular weight is 873 g/mol. The van der Waals surface area contributed by atoms with Gasteiger partial charge in [0.15, 0.2) is 11.5 Å². The first-order valence-corrected chi connectivity index (χ1v) is 24.1. The summed E-state index contributed by atoms with van der Waals surface area (Å²) in [6, 6.07) is 25.2. The summed E-state index contributed by atoms with van der Waals surface area (Å²) >= 11 is 0. The van der Waals surface area contributed by atoms with Gasteiger partial charge in [0.1, 0.15) is 11.1 Å². The number of oxazole rings is 1. The van der Waals surface area contributed by atoms with E-state index in [9.17, 15) is 24.0 Å². The second-order valence-electron chi connectivity index (χ2n) is 18.7. The van der Waals surface area contributed by atoms with Gasteiger partial charge in [0.25, 0.3) is 5.91 Å². The monoisotopic (exact) mass is 873 g/mol. The zero-order valence-corrected chi connectivity index (χ0v) is 38.0. The molecule has 5 amide bonds. The van der Waals surface area contributed by atoms with Crippen LogP contribution >= 0.6 is 0 Å². The van der Waals surface area contributed by atoms with Crippen LogP contribution in [0.25, 0.3) is 11.1 Å². The quantitative estimate of drug-likeness (QED) is 0.0517. The summed E-state index contributed by atoms with van der Waals surface area (Å²) in [4.78, 5) is 75.5. The van der Waals surface area contributed by atoms with Crippen LogP contribution in [0, 0.1) is 11.8 Å². The number of likely N-dealkylation sites (tertiary alicyclic amines) is 1. The van der Waals surface area contributed by atoms with Crippen LogP contribution in [0.15, 0.2) is 83.3 Å². The summed E-state index contributed by atoms with van der Waals surface area (Å²) in [5.74, 6) is -1.96. The molecule has 0 unspecified atom stereocenters. The topological polar surface area (TPSA) is 163 Å². The Balaban J connectivity index is 1.02. The first-order valence-electron chi connectivity index (χ1n) is 24.1. The SMILES string of the molecule is CCCCCCCCCC(=O)N[C@](C)(Cc1nc2ccc(C(=O)N3C[C@@H](C(=O)N[C@H]4C[C@@H]4c4ccccc4)[C@H](C(=O)N[C@H]4C[C@@H]4c4ccccc4)C3)cc2o1)C(=O)NCCCCCC. The molecule has 1 saturated heterocycles. The Bertz CT molecular complexity index is 2140. The Kier molecular flexibility index (Phi) is 15.9. The van der Waals surface area contributed by atoms with E-state index in [2.05, 4.69) is 64.4 Å². The van der Waals surface area contributed by atoms with Crippen LogP contribution in [0.5, 0.6) is 0 Å². The largest absolute Gasteiger partial charge is 0.441 e. The number of amides is 5. The molecule has 7 rings (SSSR count). The molecule has 12 nitrogen and oxygen atoms in total. The summed E-state index contributed by atoms with van der Waals surface area (Å²) in [5, 5.41) is 12.5. The van der Waals surface area contributed by atoms with Crippen molar-refractivity contribution in [2.45, 2.75) is 147 Å². The molecule has 2 aliphatic carbocycles. The van der Waals surface area contributed by atoms with Crippen LogP contribution in [-0.4, -0.2) is 76.7 Å². The van der Waals surface area contributed by atoms with E-state index in [0.717, 1.165) is 57.8 Å². The van der Waals surface area contributed by atoms with Crippen LogP contribution in [-0.2, 0) is 25.6 Å². The number of hydrogen-bond acceptors (Lipinski definition) is 7. The molecule has 2 heterocycles. The smallest absolute Gasteiger partial charge is 0.254 e.